The molecule has 106 valence electrons. The Morgan fingerprint density at radius 1 is 1.25 bits per heavy atom. The number of hydrogen-bond acceptors (Lipinski definition) is 3. The Hall–Kier alpha value is -1.88. The molecule has 0 saturated carbocycles. The van der Waals surface area contributed by atoms with E-state index < -0.39 is 5.97 Å². The first kappa shape index (κ1) is 13.1. The van der Waals surface area contributed by atoms with E-state index in [4.69, 9.17) is 0 Å². The number of rotatable bonds is 3. The number of aromatic carboxylic acids is 1. The van der Waals surface area contributed by atoms with Gasteiger partial charge in [-0.2, -0.15) is 0 Å². The second-order valence-electron chi connectivity index (χ2n) is 5.38. The van der Waals surface area contributed by atoms with E-state index in [1.807, 2.05) is 12.4 Å². The quantitative estimate of drug-likeness (QED) is 0.933. The van der Waals surface area contributed by atoms with E-state index >= 15 is 0 Å². The number of carboxylic acids is 1. The summed E-state index contributed by atoms with van der Waals surface area (Å²) in [4.78, 5) is 18.1. The van der Waals surface area contributed by atoms with Gasteiger partial charge in [0, 0.05) is 18.9 Å². The van der Waals surface area contributed by atoms with E-state index in [-0.39, 0.29) is 5.56 Å². The van der Waals surface area contributed by atoms with Crippen molar-refractivity contribution >= 4 is 11.6 Å². The van der Waals surface area contributed by atoms with Crippen LogP contribution in [0, 0.1) is 0 Å². The Bertz CT molecular complexity index is 613. The van der Waals surface area contributed by atoms with Crippen LogP contribution in [0.1, 0.15) is 41.7 Å². The third-order valence-corrected chi connectivity index (χ3v) is 3.85. The van der Waals surface area contributed by atoms with Gasteiger partial charge in [-0.25, -0.2) is 9.78 Å². The molecule has 1 N–H and O–H groups in total. The lowest BCUT2D eigenvalue weighted by Crippen LogP contribution is -2.24. The highest BCUT2D eigenvalue weighted by molar-refractivity contribution is 5.94. The second-order valence-corrected chi connectivity index (χ2v) is 5.38. The number of likely N-dealkylation sites (tertiary alicyclic amines) is 1. The summed E-state index contributed by atoms with van der Waals surface area (Å²) in [6, 6.07) is 3.34. The summed E-state index contributed by atoms with van der Waals surface area (Å²) >= 11 is 0. The second kappa shape index (κ2) is 5.63. The largest absolute Gasteiger partial charge is 0.478 e. The van der Waals surface area contributed by atoms with Gasteiger partial charge in [0.1, 0.15) is 5.56 Å². The summed E-state index contributed by atoms with van der Waals surface area (Å²) in [6.07, 6.45) is 8.89. The van der Waals surface area contributed by atoms with Crippen molar-refractivity contribution in [2.45, 2.75) is 32.2 Å². The molecule has 1 aliphatic heterocycles. The normalized spacial score (nSPS) is 17.2. The molecule has 3 heterocycles. The monoisotopic (exact) mass is 273 g/mol. The van der Waals surface area contributed by atoms with Crippen molar-refractivity contribution in [1.82, 2.24) is 14.3 Å². The summed E-state index contributed by atoms with van der Waals surface area (Å²) < 4.78 is 1.80. The van der Waals surface area contributed by atoms with Crippen LogP contribution in [0.4, 0.5) is 0 Å². The highest BCUT2D eigenvalue weighted by atomic mass is 16.4. The fraction of sp³-hybridized carbons (Fsp3) is 0.467. The molecule has 0 radical (unpaired) electrons. The van der Waals surface area contributed by atoms with Crippen molar-refractivity contribution in [3.05, 3.63) is 35.8 Å². The lowest BCUT2D eigenvalue weighted by molar-refractivity contribution is 0.0698. The molecule has 5 nitrogen and oxygen atoms in total. The van der Waals surface area contributed by atoms with Crippen molar-refractivity contribution in [2.24, 2.45) is 0 Å². The highest BCUT2D eigenvalue weighted by Crippen LogP contribution is 2.15. The van der Waals surface area contributed by atoms with Crippen LogP contribution in [-0.4, -0.2) is 38.4 Å². The molecule has 0 unspecified atom stereocenters. The number of carboxylic acid groups (broad SMARTS) is 1. The Morgan fingerprint density at radius 3 is 2.70 bits per heavy atom. The maximum atomic E-state index is 11.2. The van der Waals surface area contributed by atoms with Crippen molar-refractivity contribution in [2.75, 3.05) is 13.1 Å². The molecule has 2 aromatic rings. The number of aromatic nitrogens is 2. The van der Waals surface area contributed by atoms with Gasteiger partial charge in [0.2, 0.25) is 0 Å². The molecule has 3 rings (SSSR count). The zero-order chi connectivity index (χ0) is 13.9. The SMILES string of the molecule is O=C(O)c1cccn2cc(CN3CCCCCC3)nc12. The minimum Gasteiger partial charge on any atom is -0.478 e. The summed E-state index contributed by atoms with van der Waals surface area (Å²) in [7, 11) is 0. The van der Waals surface area contributed by atoms with Crippen molar-refractivity contribution in [3.63, 3.8) is 0 Å². The average Bonchev–Trinajstić information content (AvgIpc) is 2.65. The summed E-state index contributed by atoms with van der Waals surface area (Å²) in [5.41, 5.74) is 1.74. The van der Waals surface area contributed by atoms with Crippen LogP contribution in [0.25, 0.3) is 5.65 Å². The molecule has 0 aliphatic carbocycles. The third-order valence-electron chi connectivity index (χ3n) is 3.85. The van der Waals surface area contributed by atoms with Gasteiger partial charge in [0.25, 0.3) is 0 Å². The summed E-state index contributed by atoms with van der Waals surface area (Å²) in [5, 5.41) is 9.19. The van der Waals surface area contributed by atoms with Gasteiger partial charge in [0.05, 0.1) is 5.69 Å². The van der Waals surface area contributed by atoms with E-state index in [1.165, 1.54) is 25.7 Å². The van der Waals surface area contributed by atoms with E-state index in [2.05, 4.69) is 9.88 Å². The van der Waals surface area contributed by atoms with Gasteiger partial charge in [-0.15, -0.1) is 0 Å². The van der Waals surface area contributed by atoms with Gasteiger partial charge in [0.15, 0.2) is 5.65 Å². The van der Waals surface area contributed by atoms with E-state index in [1.54, 1.807) is 16.5 Å². The fourth-order valence-electron chi connectivity index (χ4n) is 2.83. The standard InChI is InChI=1S/C15H19N3O2/c19-15(20)13-6-5-9-18-11-12(16-14(13)18)10-17-7-3-1-2-4-8-17/h5-6,9,11H,1-4,7-8,10H2,(H,19,20). The molecule has 0 bridgehead atoms. The van der Waals surface area contributed by atoms with E-state index in [9.17, 15) is 9.90 Å². The van der Waals surface area contributed by atoms with Crippen LogP contribution < -0.4 is 0 Å². The van der Waals surface area contributed by atoms with Crippen LogP contribution in [0.5, 0.6) is 0 Å². The first-order chi connectivity index (χ1) is 9.74. The predicted octanol–water partition coefficient (Wildman–Crippen LogP) is 2.41. The molecule has 1 aliphatic rings. The minimum absolute atomic E-state index is 0.259. The van der Waals surface area contributed by atoms with Gasteiger partial charge < -0.3 is 9.51 Å². The van der Waals surface area contributed by atoms with Gasteiger partial charge in [-0.3, -0.25) is 4.90 Å². The van der Waals surface area contributed by atoms with Crippen molar-refractivity contribution in [3.8, 4) is 0 Å². The highest BCUT2D eigenvalue weighted by Gasteiger charge is 2.14. The Kier molecular flexibility index (Phi) is 3.69. The summed E-state index contributed by atoms with van der Waals surface area (Å²) in [6.45, 7) is 3.03. The van der Waals surface area contributed by atoms with Crippen LogP contribution in [-0.2, 0) is 6.54 Å². The zero-order valence-electron chi connectivity index (χ0n) is 11.5. The maximum absolute atomic E-state index is 11.2. The maximum Gasteiger partial charge on any atom is 0.339 e. The van der Waals surface area contributed by atoms with Crippen LogP contribution in [0.3, 0.4) is 0 Å². The predicted molar refractivity (Wildman–Crippen MR) is 75.9 cm³/mol. The average molecular weight is 273 g/mol. The first-order valence-electron chi connectivity index (χ1n) is 7.16. The Balaban J connectivity index is 1.85. The van der Waals surface area contributed by atoms with Gasteiger partial charge in [-0.1, -0.05) is 12.8 Å². The Morgan fingerprint density at radius 2 is 2.00 bits per heavy atom. The van der Waals surface area contributed by atoms with Crippen molar-refractivity contribution < 1.29 is 9.90 Å². The molecule has 0 aromatic carbocycles. The number of carbonyl (C=O) groups is 1. The molecule has 1 fully saturated rings. The molecule has 5 heteroatoms. The van der Waals surface area contributed by atoms with Gasteiger partial charge >= 0.3 is 5.97 Å². The van der Waals surface area contributed by atoms with Crippen LogP contribution in [0.2, 0.25) is 0 Å². The lowest BCUT2D eigenvalue weighted by atomic mass is 10.2. The topological polar surface area (TPSA) is 57.8 Å². The minimum atomic E-state index is -0.928. The molecular formula is C15H19N3O2. The molecule has 0 atom stereocenters. The Labute approximate surface area is 117 Å². The third kappa shape index (κ3) is 2.67. The number of imidazole rings is 1. The summed E-state index contributed by atoms with van der Waals surface area (Å²) in [5.74, 6) is -0.928. The van der Waals surface area contributed by atoms with Crippen LogP contribution >= 0.6 is 0 Å². The fourth-order valence-corrected chi connectivity index (χ4v) is 2.83. The first-order valence-corrected chi connectivity index (χ1v) is 7.16. The molecule has 20 heavy (non-hydrogen) atoms. The lowest BCUT2D eigenvalue weighted by Gasteiger charge is -2.17. The molecule has 2 aromatic heterocycles. The number of fused-ring (bicyclic) bond motifs is 1. The zero-order valence-corrected chi connectivity index (χ0v) is 11.5. The number of hydrogen-bond donors (Lipinski definition) is 1. The van der Waals surface area contributed by atoms with Crippen molar-refractivity contribution in [1.29, 1.82) is 0 Å². The molecule has 0 spiro atoms. The molecule has 0 amide bonds. The number of nitrogens with zero attached hydrogens (tertiary/aromatic N) is 3. The van der Waals surface area contributed by atoms with E-state index in [0.717, 1.165) is 25.3 Å². The molecular weight excluding hydrogens is 254 g/mol. The molecule has 1 saturated heterocycles. The van der Waals surface area contributed by atoms with Crippen LogP contribution in [0.15, 0.2) is 24.5 Å². The number of pyridine rings is 1. The van der Waals surface area contributed by atoms with E-state index in [0.29, 0.717) is 5.65 Å². The smallest absolute Gasteiger partial charge is 0.339 e. The van der Waals surface area contributed by atoms with Gasteiger partial charge in [-0.05, 0) is 38.1 Å².